The molecular formula is C37H45N5O3S. The van der Waals surface area contributed by atoms with Crippen LogP contribution >= 0.6 is 11.8 Å². The lowest BCUT2D eigenvalue weighted by molar-refractivity contribution is -0.133. The number of carbonyl (C=O) groups excluding carboxylic acids is 2. The van der Waals surface area contributed by atoms with Crippen molar-refractivity contribution in [2.45, 2.75) is 70.0 Å². The maximum Gasteiger partial charge on any atom is 0.254 e. The summed E-state index contributed by atoms with van der Waals surface area (Å²) in [5.41, 5.74) is 4.12. The maximum atomic E-state index is 13.2. The highest BCUT2D eigenvalue weighted by atomic mass is 32.2. The number of thioether (sulfide) groups is 1. The van der Waals surface area contributed by atoms with E-state index in [0.29, 0.717) is 38.0 Å². The molecule has 242 valence electrons. The van der Waals surface area contributed by atoms with Crippen molar-refractivity contribution >= 4 is 23.6 Å². The molecule has 0 saturated carbocycles. The number of piperazine rings is 1. The van der Waals surface area contributed by atoms with E-state index in [0.717, 1.165) is 41.0 Å². The summed E-state index contributed by atoms with van der Waals surface area (Å²) in [5.74, 6) is 2.70. The van der Waals surface area contributed by atoms with Crippen molar-refractivity contribution in [3.8, 4) is 11.4 Å². The van der Waals surface area contributed by atoms with Gasteiger partial charge in [0, 0.05) is 55.5 Å². The van der Waals surface area contributed by atoms with Crippen LogP contribution in [-0.4, -0.2) is 74.9 Å². The van der Waals surface area contributed by atoms with Gasteiger partial charge in [0.15, 0.2) is 5.16 Å². The molecule has 0 aliphatic carbocycles. The van der Waals surface area contributed by atoms with E-state index in [4.69, 9.17) is 4.74 Å². The summed E-state index contributed by atoms with van der Waals surface area (Å²) in [5, 5.41) is 9.93. The summed E-state index contributed by atoms with van der Waals surface area (Å²) < 4.78 is 7.47. The van der Waals surface area contributed by atoms with E-state index in [1.54, 1.807) is 18.9 Å². The Labute approximate surface area is 277 Å². The van der Waals surface area contributed by atoms with Gasteiger partial charge in [-0.05, 0) is 72.7 Å². The lowest BCUT2D eigenvalue weighted by atomic mass is 9.86. The molecule has 46 heavy (non-hydrogen) atoms. The number of benzene rings is 3. The topological polar surface area (TPSA) is 80.6 Å². The predicted molar refractivity (Wildman–Crippen MR) is 184 cm³/mol. The average Bonchev–Trinajstić information content (AvgIpc) is 3.46. The lowest BCUT2D eigenvalue weighted by Crippen LogP contribution is -2.55. The molecule has 0 N–H and O–H groups in total. The van der Waals surface area contributed by atoms with Gasteiger partial charge in [-0.25, -0.2) is 0 Å². The van der Waals surface area contributed by atoms with Crippen molar-refractivity contribution in [1.82, 2.24) is 24.6 Å². The van der Waals surface area contributed by atoms with Crippen molar-refractivity contribution in [3.63, 3.8) is 0 Å². The minimum atomic E-state index is -0.0301. The SMILES string of the molecule is COc1ccc(-n2c(Cc3ccccc3)nnc2SCCCCC(=O)N2CCN(C(=O)c3ccc(C(C)(C)C)cc3)C(C)C2)cc1. The highest BCUT2D eigenvalue weighted by molar-refractivity contribution is 7.99. The molecule has 2 amide bonds. The van der Waals surface area contributed by atoms with Gasteiger partial charge in [-0.1, -0.05) is 75.0 Å². The Balaban J connectivity index is 1.11. The van der Waals surface area contributed by atoms with Gasteiger partial charge in [-0.15, -0.1) is 10.2 Å². The first-order chi connectivity index (χ1) is 22.1. The van der Waals surface area contributed by atoms with E-state index in [-0.39, 0.29) is 23.3 Å². The first-order valence-electron chi connectivity index (χ1n) is 16.1. The number of aromatic nitrogens is 3. The normalized spacial score (nSPS) is 15.2. The smallest absolute Gasteiger partial charge is 0.254 e. The molecular weight excluding hydrogens is 595 g/mol. The number of amides is 2. The van der Waals surface area contributed by atoms with Crippen molar-refractivity contribution in [3.05, 3.63) is 101 Å². The fraction of sp³-hybridized carbons (Fsp3) is 0.405. The van der Waals surface area contributed by atoms with Crippen LogP contribution in [0, 0.1) is 0 Å². The predicted octanol–water partition coefficient (Wildman–Crippen LogP) is 6.80. The van der Waals surface area contributed by atoms with Crippen molar-refractivity contribution in [2.24, 2.45) is 0 Å². The zero-order valence-corrected chi connectivity index (χ0v) is 28.4. The second-order valence-corrected chi connectivity index (χ2v) is 14.0. The van der Waals surface area contributed by atoms with E-state index in [9.17, 15) is 9.59 Å². The highest BCUT2D eigenvalue weighted by Gasteiger charge is 2.30. The number of nitrogens with zero attached hydrogens (tertiary/aromatic N) is 5. The molecule has 8 nitrogen and oxygen atoms in total. The van der Waals surface area contributed by atoms with E-state index in [2.05, 4.69) is 47.7 Å². The standard InChI is InChI=1S/C37H45N5O3S/c1-27-26-40(22-23-41(27)35(44)29-14-16-30(17-15-29)37(2,3)4)34(43)13-9-10-24-46-36-39-38-33(25-28-11-7-6-8-12-28)42(36)31-18-20-32(45-5)21-19-31/h6-8,11-12,14-21,27H,9-10,13,22-26H2,1-5H3. The Morgan fingerprint density at radius 3 is 2.28 bits per heavy atom. The molecule has 2 heterocycles. The van der Waals surface area contributed by atoms with Gasteiger partial charge in [0.05, 0.1) is 7.11 Å². The summed E-state index contributed by atoms with van der Waals surface area (Å²) in [6.07, 6.45) is 2.86. The minimum absolute atomic E-state index is 0.0301. The van der Waals surface area contributed by atoms with Gasteiger partial charge >= 0.3 is 0 Å². The van der Waals surface area contributed by atoms with Crippen LogP contribution in [0.5, 0.6) is 5.75 Å². The Kier molecular flexibility index (Phi) is 10.8. The Morgan fingerprint density at radius 1 is 0.913 bits per heavy atom. The average molecular weight is 640 g/mol. The van der Waals surface area contributed by atoms with Crippen LogP contribution in [0.4, 0.5) is 0 Å². The molecule has 3 aromatic carbocycles. The van der Waals surface area contributed by atoms with Crippen LogP contribution in [0.3, 0.4) is 0 Å². The van der Waals surface area contributed by atoms with Gasteiger partial charge in [0.2, 0.25) is 5.91 Å². The highest BCUT2D eigenvalue weighted by Crippen LogP contribution is 2.27. The molecule has 0 radical (unpaired) electrons. The van der Waals surface area contributed by atoms with Crippen LogP contribution in [0.15, 0.2) is 84.0 Å². The molecule has 1 aromatic heterocycles. The number of hydrogen-bond acceptors (Lipinski definition) is 6. The van der Waals surface area contributed by atoms with Crippen LogP contribution in [0.2, 0.25) is 0 Å². The monoisotopic (exact) mass is 639 g/mol. The van der Waals surface area contributed by atoms with Crippen LogP contribution in [0.25, 0.3) is 5.69 Å². The van der Waals surface area contributed by atoms with Gasteiger partial charge in [-0.3, -0.25) is 14.2 Å². The van der Waals surface area contributed by atoms with Gasteiger partial charge in [0.1, 0.15) is 11.6 Å². The summed E-state index contributed by atoms with van der Waals surface area (Å²) in [6.45, 7) is 10.2. The zero-order valence-electron chi connectivity index (χ0n) is 27.6. The molecule has 1 unspecified atom stereocenters. The van der Waals surface area contributed by atoms with Gasteiger partial charge in [0.25, 0.3) is 5.91 Å². The fourth-order valence-corrected chi connectivity index (χ4v) is 6.71. The minimum Gasteiger partial charge on any atom is -0.497 e. The molecule has 1 fully saturated rings. The van der Waals surface area contributed by atoms with Crippen molar-refractivity contribution < 1.29 is 14.3 Å². The summed E-state index contributed by atoms with van der Waals surface area (Å²) in [6, 6.07) is 26.1. The van der Waals surface area contributed by atoms with E-state index >= 15 is 0 Å². The van der Waals surface area contributed by atoms with Crippen LogP contribution in [-0.2, 0) is 16.6 Å². The molecule has 9 heteroatoms. The molecule has 4 aromatic rings. The number of unbranched alkanes of at least 4 members (excludes halogenated alkanes) is 1. The maximum absolute atomic E-state index is 13.2. The van der Waals surface area contributed by atoms with E-state index in [1.165, 1.54) is 11.1 Å². The van der Waals surface area contributed by atoms with Crippen molar-refractivity contribution in [2.75, 3.05) is 32.5 Å². The zero-order chi connectivity index (χ0) is 32.7. The number of carbonyl (C=O) groups is 2. The first-order valence-corrected chi connectivity index (χ1v) is 17.1. The lowest BCUT2D eigenvalue weighted by Gasteiger charge is -2.40. The molecule has 1 atom stereocenters. The van der Waals surface area contributed by atoms with Crippen LogP contribution < -0.4 is 4.74 Å². The van der Waals surface area contributed by atoms with Crippen molar-refractivity contribution in [1.29, 1.82) is 0 Å². The number of rotatable bonds is 11. The first kappa shape index (κ1) is 33.3. The molecule has 1 aliphatic heterocycles. The number of methoxy groups -OCH3 is 1. The van der Waals surface area contributed by atoms with E-state index < -0.39 is 0 Å². The third-order valence-corrected chi connectivity index (χ3v) is 9.51. The summed E-state index contributed by atoms with van der Waals surface area (Å²) in [7, 11) is 1.66. The van der Waals surface area contributed by atoms with Gasteiger partial charge in [-0.2, -0.15) is 0 Å². The number of hydrogen-bond donors (Lipinski definition) is 0. The van der Waals surface area contributed by atoms with Gasteiger partial charge < -0.3 is 14.5 Å². The third kappa shape index (κ3) is 8.18. The Morgan fingerprint density at radius 2 is 1.63 bits per heavy atom. The molecule has 1 aliphatic rings. The molecule has 0 bridgehead atoms. The summed E-state index contributed by atoms with van der Waals surface area (Å²) >= 11 is 1.66. The Bertz CT molecular complexity index is 1600. The fourth-order valence-electron chi connectivity index (χ4n) is 5.74. The van der Waals surface area contributed by atoms with Crippen LogP contribution in [0.1, 0.15) is 74.3 Å². The third-order valence-electron chi connectivity index (χ3n) is 8.49. The van der Waals surface area contributed by atoms with E-state index in [1.807, 2.05) is 83.5 Å². The quantitative estimate of drug-likeness (QED) is 0.133. The number of ether oxygens (including phenoxy) is 1. The second kappa shape index (κ2) is 15.0. The Hall–Kier alpha value is -4.11. The molecule has 5 rings (SSSR count). The summed E-state index contributed by atoms with van der Waals surface area (Å²) in [4.78, 5) is 30.2. The second-order valence-electron chi connectivity index (χ2n) is 12.9. The molecule has 0 spiro atoms. The molecule has 1 saturated heterocycles. The largest absolute Gasteiger partial charge is 0.497 e.